The largest absolute Gasteiger partial charge is 0.444 e. The van der Waals surface area contributed by atoms with Crippen molar-refractivity contribution in [2.45, 2.75) is 44.8 Å². The van der Waals surface area contributed by atoms with E-state index in [9.17, 15) is 4.79 Å². The van der Waals surface area contributed by atoms with Crippen LogP contribution >= 0.6 is 0 Å². The van der Waals surface area contributed by atoms with Gasteiger partial charge in [0.2, 0.25) is 5.95 Å². The summed E-state index contributed by atoms with van der Waals surface area (Å²) < 4.78 is 5.53. The number of hydrogen-bond donors (Lipinski definition) is 0. The standard InChI is InChI=1S/C15H22N4O2/c1-14(2,3)21-13(20)19-10-9-18(11-15(19)5-6-15)12-16-7-4-8-17-12/h4,7-8H,5-6,9-11H2,1-3H3. The van der Waals surface area contributed by atoms with Gasteiger partial charge < -0.3 is 9.64 Å². The number of hydrogen-bond acceptors (Lipinski definition) is 5. The van der Waals surface area contributed by atoms with E-state index in [4.69, 9.17) is 4.74 Å². The zero-order chi connectivity index (χ0) is 15.1. The number of rotatable bonds is 1. The van der Waals surface area contributed by atoms with Crippen LogP contribution in [0.2, 0.25) is 0 Å². The number of aromatic nitrogens is 2. The SMILES string of the molecule is CC(C)(C)OC(=O)N1CCN(c2ncccn2)CC12CC2. The van der Waals surface area contributed by atoms with E-state index in [1.807, 2.05) is 31.7 Å². The van der Waals surface area contributed by atoms with Gasteiger partial charge in [-0.25, -0.2) is 14.8 Å². The van der Waals surface area contributed by atoms with Gasteiger partial charge in [0.25, 0.3) is 0 Å². The summed E-state index contributed by atoms with van der Waals surface area (Å²) in [5.74, 6) is 0.743. The highest BCUT2D eigenvalue weighted by Crippen LogP contribution is 2.45. The van der Waals surface area contributed by atoms with Crippen LogP contribution in [-0.4, -0.2) is 51.7 Å². The summed E-state index contributed by atoms with van der Waals surface area (Å²) in [7, 11) is 0. The van der Waals surface area contributed by atoms with Gasteiger partial charge in [0, 0.05) is 32.0 Å². The number of piperazine rings is 1. The van der Waals surface area contributed by atoms with E-state index in [0.717, 1.165) is 31.9 Å². The molecule has 1 saturated carbocycles. The molecule has 1 aliphatic carbocycles. The Kier molecular flexibility index (Phi) is 3.26. The van der Waals surface area contributed by atoms with Crippen molar-refractivity contribution in [2.75, 3.05) is 24.5 Å². The minimum atomic E-state index is -0.452. The summed E-state index contributed by atoms with van der Waals surface area (Å²) in [6.07, 6.45) is 5.35. The molecule has 2 heterocycles. The second kappa shape index (κ2) is 4.86. The van der Waals surface area contributed by atoms with Crippen LogP contribution < -0.4 is 4.90 Å². The fourth-order valence-corrected chi connectivity index (χ4v) is 2.78. The fraction of sp³-hybridized carbons (Fsp3) is 0.667. The molecule has 0 bridgehead atoms. The van der Waals surface area contributed by atoms with Crippen molar-refractivity contribution < 1.29 is 9.53 Å². The number of carbonyl (C=O) groups is 1. The van der Waals surface area contributed by atoms with Crippen LogP contribution in [0.5, 0.6) is 0 Å². The lowest BCUT2D eigenvalue weighted by molar-refractivity contribution is 0.0105. The van der Waals surface area contributed by atoms with E-state index in [-0.39, 0.29) is 11.6 Å². The van der Waals surface area contributed by atoms with E-state index in [1.165, 1.54) is 0 Å². The first-order valence-electron chi connectivity index (χ1n) is 7.42. The van der Waals surface area contributed by atoms with Gasteiger partial charge in [-0.05, 0) is 39.7 Å². The van der Waals surface area contributed by atoms with Gasteiger partial charge >= 0.3 is 6.09 Å². The maximum atomic E-state index is 12.4. The number of anilines is 1. The second-order valence-electron chi connectivity index (χ2n) is 6.83. The molecule has 0 atom stereocenters. The Morgan fingerprint density at radius 2 is 1.90 bits per heavy atom. The molecule has 1 aromatic rings. The van der Waals surface area contributed by atoms with Crippen molar-refractivity contribution in [3.8, 4) is 0 Å². The Hall–Kier alpha value is -1.85. The minimum Gasteiger partial charge on any atom is -0.444 e. The molecule has 2 fully saturated rings. The Balaban J connectivity index is 1.71. The number of ether oxygens (including phenoxy) is 1. The van der Waals surface area contributed by atoms with Gasteiger partial charge in [-0.3, -0.25) is 4.90 Å². The fourth-order valence-electron chi connectivity index (χ4n) is 2.78. The van der Waals surface area contributed by atoms with Crippen molar-refractivity contribution in [1.82, 2.24) is 14.9 Å². The molecule has 6 nitrogen and oxygen atoms in total. The smallest absolute Gasteiger partial charge is 0.410 e. The average Bonchev–Trinajstić information content (AvgIpc) is 3.17. The first-order valence-corrected chi connectivity index (χ1v) is 7.42. The van der Waals surface area contributed by atoms with Crippen LogP contribution in [0.1, 0.15) is 33.6 Å². The molecule has 0 unspecified atom stereocenters. The predicted molar refractivity (Wildman–Crippen MR) is 79.2 cm³/mol. The highest BCUT2D eigenvalue weighted by Gasteiger charge is 2.54. The third kappa shape index (κ3) is 2.94. The molecular formula is C15H22N4O2. The Labute approximate surface area is 125 Å². The summed E-state index contributed by atoms with van der Waals surface area (Å²) in [5.41, 5.74) is -0.535. The topological polar surface area (TPSA) is 58.6 Å². The first-order chi connectivity index (χ1) is 9.90. The first kappa shape index (κ1) is 14.1. The van der Waals surface area contributed by atoms with Crippen LogP contribution in [-0.2, 0) is 4.74 Å². The average molecular weight is 290 g/mol. The van der Waals surface area contributed by atoms with Crippen molar-refractivity contribution >= 4 is 12.0 Å². The van der Waals surface area contributed by atoms with Crippen LogP contribution in [0, 0.1) is 0 Å². The molecule has 1 saturated heterocycles. The van der Waals surface area contributed by atoms with Crippen molar-refractivity contribution in [3.63, 3.8) is 0 Å². The van der Waals surface area contributed by atoms with E-state index in [0.29, 0.717) is 6.54 Å². The van der Waals surface area contributed by atoms with Crippen LogP contribution in [0.4, 0.5) is 10.7 Å². The zero-order valence-electron chi connectivity index (χ0n) is 12.9. The molecule has 1 spiro atoms. The van der Waals surface area contributed by atoms with Gasteiger partial charge in [-0.2, -0.15) is 0 Å². The van der Waals surface area contributed by atoms with E-state index < -0.39 is 5.60 Å². The van der Waals surface area contributed by atoms with Crippen molar-refractivity contribution in [2.24, 2.45) is 0 Å². The molecule has 1 amide bonds. The zero-order valence-corrected chi connectivity index (χ0v) is 12.9. The maximum absolute atomic E-state index is 12.4. The molecule has 3 rings (SSSR count). The van der Waals surface area contributed by atoms with Crippen LogP contribution in [0.25, 0.3) is 0 Å². The molecule has 0 aromatic carbocycles. The van der Waals surface area contributed by atoms with E-state index in [1.54, 1.807) is 12.4 Å². The molecular weight excluding hydrogens is 268 g/mol. The van der Waals surface area contributed by atoms with Gasteiger partial charge in [-0.1, -0.05) is 0 Å². The Morgan fingerprint density at radius 1 is 1.24 bits per heavy atom. The van der Waals surface area contributed by atoms with E-state index in [2.05, 4.69) is 14.9 Å². The molecule has 1 aliphatic heterocycles. The molecule has 114 valence electrons. The summed E-state index contributed by atoms with van der Waals surface area (Å²) in [5, 5.41) is 0. The Bertz CT molecular complexity index is 522. The molecule has 2 aliphatic rings. The summed E-state index contributed by atoms with van der Waals surface area (Å²) in [4.78, 5) is 25.0. The monoisotopic (exact) mass is 290 g/mol. The second-order valence-corrected chi connectivity index (χ2v) is 6.83. The molecule has 21 heavy (non-hydrogen) atoms. The van der Waals surface area contributed by atoms with Gasteiger partial charge in [0.05, 0.1) is 5.54 Å². The lowest BCUT2D eigenvalue weighted by Crippen LogP contribution is -2.58. The molecule has 1 aromatic heterocycles. The van der Waals surface area contributed by atoms with Crippen LogP contribution in [0.15, 0.2) is 18.5 Å². The molecule has 0 radical (unpaired) electrons. The van der Waals surface area contributed by atoms with Crippen molar-refractivity contribution in [3.05, 3.63) is 18.5 Å². The summed E-state index contributed by atoms with van der Waals surface area (Å²) >= 11 is 0. The molecule has 6 heteroatoms. The number of carbonyl (C=O) groups excluding carboxylic acids is 1. The number of amides is 1. The molecule has 0 N–H and O–H groups in total. The Morgan fingerprint density at radius 3 is 2.48 bits per heavy atom. The third-order valence-electron chi connectivity index (χ3n) is 3.93. The minimum absolute atomic E-state index is 0.0835. The lowest BCUT2D eigenvalue weighted by atomic mass is 10.1. The van der Waals surface area contributed by atoms with Gasteiger partial charge in [-0.15, -0.1) is 0 Å². The predicted octanol–water partition coefficient (Wildman–Crippen LogP) is 2.07. The summed E-state index contributed by atoms with van der Waals surface area (Å²) in [6, 6.07) is 1.81. The van der Waals surface area contributed by atoms with Crippen LogP contribution in [0.3, 0.4) is 0 Å². The number of nitrogens with zero attached hydrogens (tertiary/aromatic N) is 4. The van der Waals surface area contributed by atoms with Gasteiger partial charge in [0.15, 0.2) is 0 Å². The maximum Gasteiger partial charge on any atom is 0.410 e. The summed E-state index contributed by atoms with van der Waals surface area (Å²) in [6.45, 7) is 7.89. The lowest BCUT2D eigenvalue weighted by Gasteiger charge is -2.42. The van der Waals surface area contributed by atoms with E-state index >= 15 is 0 Å². The highest BCUT2D eigenvalue weighted by molar-refractivity contribution is 5.70. The normalized spacial score (nSPS) is 20.5. The van der Waals surface area contributed by atoms with Crippen molar-refractivity contribution in [1.29, 1.82) is 0 Å². The third-order valence-corrected chi connectivity index (χ3v) is 3.93. The van der Waals surface area contributed by atoms with Gasteiger partial charge in [0.1, 0.15) is 5.60 Å². The quantitative estimate of drug-likeness (QED) is 0.792. The highest BCUT2D eigenvalue weighted by atomic mass is 16.6.